The van der Waals surface area contributed by atoms with Gasteiger partial charge in [-0.2, -0.15) is 10.4 Å². The van der Waals surface area contributed by atoms with Gasteiger partial charge < -0.3 is 15.1 Å². The van der Waals surface area contributed by atoms with Gasteiger partial charge in [-0.25, -0.2) is 4.98 Å². The monoisotopic (exact) mass is 412 g/mol. The van der Waals surface area contributed by atoms with Crippen molar-refractivity contribution in [1.29, 1.82) is 5.26 Å². The number of nitrogens with one attached hydrogen (secondary N) is 1. The molecule has 0 radical (unpaired) electrons. The number of fused-ring (bicyclic) bond motifs is 1. The summed E-state index contributed by atoms with van der Waals surface area (Å²) < 4.78 is 6.27. The number of hydrogen-bond acceptors (Lipinski definition) is 6. The third kappa shape index (κ3) is 3.16. The van der Waals surface area contributed by atoms with Gasteiger partial charge in [0.2, 0.25) is 0 Å². The van der Waals surface area contributed by atoms with Crippen molar-refractivity contribution in [2.24, 2.45) is 5.73 Å². The first-order valence-electron chi connectivity index (χ1n) is 10.4. The number of nitrogens with zero attached hydrogens (tertiary/aromatic N) is 4. The summed E-state index contributed by atoms with van der Waals surface area (Å²) in [7, 11) is 0. The van der Waals surface area contributed by atoms with Crippen LogP contribution in [-0.4, -0.2) is 34.3 Å². The number of H-pyrrole nitrogens is 1. The van der Waals surface area contributed by atoms with Gasteiger partial charge in [-0.3, -0.25) is 5.10 Å². The Morgan fingerprint density at radius 3 is 2.77 bits per heavy atom. The number of nitrogens with two attached hydrogens (primary N) is 1. The zero-order valence-electron chi connectivity index (χ0n) is 17.9. The Kier molecular flexibility index (Phi) is 4.53. The predicted octanol–water partition coefficient (Wildman–Crippen LogP) is 4.22. The highest BCUT2D eigenvalue weighted by Gasteiger charge is 2.26. The van der Waals surface area contributed by atoms with Crippen LogP contribution in [0.25, 0.3) is 33.6 Å². The largest absolute Gasteiger partial charge is 0.440 e. The number of benzene rings is 1. The van der Waals surface area contributed by atoms with E-state index in [1.54, 1.807) is 0 Å². The van der Waals surface area contributed by atoms with Crippen LogP contribution in [0.1, 0.15) is 28.8 Å². The SMILES string of the molecule is Cc1ccc(-c2nc3n[nH]c(C)c3c(-c3ccc(N4CC[C@@H](N)C4)o3)c2C#N)c(C)c1. The second kappa shape index (κ2) is 7.25. The average Bonchev–Trinajstić information content (AvgIpc) is 3.47. The summed E-state index contributed by atoms with van der Waals surface area (Å²) in [5, 5.41) is 18.4. The molecular weight excluding hydrogens is 388 g/mol. The van der Waals surface area contributed by atoms with Crippen LogP contribution >= 0.6 is 0 Å². The van der Waals surface area contributed by atoms with Gasteiger partial charge in [0.15, 0.2) is 11.5 Å². The number of anilines is 1. The normalized spacial score (nSPS) is 16.2. The van der Waals surface area contributed by atoms with E-state index >= 15 is 0 Å². The van der Waals surface area contributed by atoms with E-state index in [-0.39, 0.29) is 6.04 Å². The number of furan rings is 1. The predicted molar refractivity (Wildman–Crippen MR) is 121 cm³/mol. The molecule has 1 atom stereocenters. The highest BCUT2D eigenvalue weighted by molar-refractivity contribution is 6.00. The number of hydrogen-bond donors (Lipinski definition) is 2. The third-order valence-corrected chi connectivity index (χ3v) is 6.01. The summed E-state index contributed by atoms with van der Waals surface area (Å²) in [6.07, 6.45) is 0.941. The lowest BCUT2D eigenvalue weighted by atomic mass is 9.94. The molecular formula is C24H24N6O. The Hall–Kier alpha value is -3.63. The van der Waals surface area contributed by atoms with E-state index < -0.39 is 0 Å². The topological polar surface area (TPSA) is 108 Å². The Morgan fingerprint density at radius 2 is 2.06 bits per heavy atom. The maximum atomic E-state index is 10.2. The van der Waals surface area contributed by atoms with Crippen LogP contribution in [0.15, 0.2) is 34.7 Å². The van der Waals surface area contributed by atoms with Crippen molar-refractivity contribution in [3.8, 4) is 28.7 Å². The Balaban J connectivity index is 1.75. The zero-order chi connectivity index (χ0) is 21.7. The molecule has 156 valence electrons. The van der Waals surface area contributed by atoms with Crippen molar-refractivity contribution in [3.63, 3.8) is 0 Å². The lowest BCUT2D eigenvalue weighted by molar-refractivity contribution is 0.569. The van der Waals surface area contributed by atoms with Gasteiger partial charge >= 0.3 is 0 Å². The van der Waals surface area contributed by atoms with Crippen molar-refractivity contribution < 1.29 is 4.42 Å². The molecule has 7 heteroatoms. The van der Waals surface area contributed by atoms with E-state index in [4.69, 9.17) is 15.1 Å². The molecule has 3 aromatic heterocycles. The highest BCUT2D eigenvalue weighted by atomic mass is 16.4. The van der Waals surface area contributed by atoms with E-state index in [0.717, 1.165) is 58.7 Å². The van der Waals surface area contributed by atoms with E-state index in [1.807, 2.05) is 38.1 Å². The maximum Gasteiger partial charge on any atom is 0.196 e. The molecule has 0 amide bonds. The molecule has 1 aliphatic rings. The first-order chi connectivity index (χ1) is 15.0. The number of aryl methyl sites for hydroxylation is 3. The molecule has 1 aliphatic heterocycles. The third-order valence-electron chi connectivity index (χ3n) is 6.01. The smallest absolute Gasteiger partial charge is 0.196 e. The average molecular weight is 412 g/mol. The molecule has 31 heavy (non-hydrogen) atoms. The molecule has 1 saturated heterocycles. The highest BCUT2D eigenvalue weighted by Crippen LogP contribution is 2.40. The Morgan fingerprint density at radius 1 is 1.23 bits per heavy atom. The summed E-state index contributed by atoms with van der Waals surface area (Å²) >= 11 is 0. The summed E-state index contributed by atoms with van der Waals surface area (Å²) in [4.78, 5) is 6.92. The van der Waals surface area contributed by atoms with Crippen LogP contribution in [0.3, 0.4) is 0 Å². The van der Waals surface area contributed by atoms with Crippen LogP contribution < -0.4 is 10.6 Å². The molecule has 0 spiro atoms. The van der Waals surface area contributed by atoms with Crippen molar-refractivity contribution in [3.05, 3.63) is 52.7 Å². The Labute approximate surface area is 180 Å². The molecule has 4 heterocycles. The van der Waals surface area contributed by atoms with Crippen molar-refractivity contribution >= 4 is 16.9 Å². The van der Waals surface area contributed by atoms with Gasteiger partial charge in [0.25, 0.3) is 0 Å². The van der Waals surface area contributed by atoms with Gasteiger partial charge in [0.1, 0.15) is 11.8 Å². The molecule has 7 nitrogen and oxygen atoms in total. The summed E-state index contributed by atoms with van der Waals surface area (Å²) in [5.74, 6) is 1.40. The molecule has 4 aromatic rings. The standard InChI is InChI=1S/C24H24N6O/c1-13-4-5-17(14(2)10-13)23-18(11-25)22(21-15(3)28-29-24(21)27-23)19-6-7-20(31-19)30-9-8-16(26)12-30/h4-7,10,16H,8-9,12,26H2,1-3H3,(H,27,28,29)/t16-/m1/s1. The number of pyridine rings is 1. The summed E-state index contributed by atoms with van der Waals surface area (Å²) in [6.45, 7) is 7.65. The first kappa shape index (κ1) is 19.3. The van der Waals surface area contributed by atoms with Gasteiger partial charge in [-0.05, 0) is 38.8 Å². The van der Waals surface area contributed by atoms with Gasteiger partial charge in [0.05, 0.1) is 22.2 Å². The molecule has 3 N–H and O–H groups in total. The van der Waals surface area contributed by atoms with Crippen LogP contribution in [0.2, 0.25) is 0 Å². The van der Waals surface area contributed by atoms with E-state index in [0.29, 0.717) is 22.7 Å². The minimum absolute atomic E-state index is 0.156. The van der Waals surface area contributed by atoms with Gasteiger partial charge in [0, 0.05) is 36.5 Å². The summed E-state index contributed by atoms with van der Waals surface area (Å²) in [6, 6.07) is 12.6. The minimum Gasteiger partial charge on any atom is -0.440 e. The van der Waals surface area contributed by atoms with E-state index in [2.05, 4.69) is 34.2 Å². The van der Waals surface area contributed by atoms with Crippen LogP contribution in [0.4, 0.5) is 5.88 Å². The van der Waals surface area contributed by atoms with E-state index in [9.17, 15) is 5.26 Å². The molecule has 1 aromatic carbocycles. The van der Waals surface area contributed by atoms with E-state index in [1.165, 1.54) is 0 Å². The fraction of sp³-hybridized carbons (Fsp3) is 0.292. The fourth-order valence-corrected chi connectivity index (χ4v) is 4.45. The maximum absolute atomic E-state index is 10.2. The van der Waals surface area contributed by atoms with Gasteiger partial charge in [-0.15, -0.1) is 0 Å². The van der Waals surface area contributed by atoms with Crippen LogP contribution in [0, 0.1) is 32.1 Å². The molecule has 0 aliphatic carbocycles. The quantitative estimate of drug-likeness (QED) is 0.522. The number of aromatic nitrogens is 3. The molecule has 1 fully saturated rings. The molecule has 0 saturated carbocycles. The van der Waals surface area contributed by atoms with Crippen LogP contribution in [-0.2, 0) is 0 Å². The minimum atomic E-state index is 0.156. The molecule has 0 unspecified atom stereocenters. The second-order valence-corrected chi connectivity index (χ2v) is 8.32. The zero-order valence-corrected chi connectivity index (χ0v) is 17.9. The fourth-order valence-electron chi connectivity index (χ4n) is 4.45. The number of rotatable bonds is 3. The van der Waals surface area contributed by atoms with Crippen molar-refractivity contribution in [2.45, 2.75) is 33.2 Å². The van der Waals surface area contributed by atoms with Crippen LogP contribution in [0.5, 0.6) is 0 Å². The van der Waals surface area contributed by atoms with Crippen molar-refractivity contribution in [1.82, 2.24) is 15.2 Å². The number of nitriles is 1. The Bertz CT molecular complexity index is 1340. The summed E-state index contributed by atoms with van der Waals surface area (Å²) in [5.41, 5.74) is 12.5. The second-order valence-electron chi connectivity index (χ2n) is 8.32. The lowest BCUT2D eigenvalue weighted by Crippen LogP contribution is -2.25. The first-order valence-corrected chi connectivity index (χ1v) is 10.4. The van der Waals surface area contributed by atoms with Gasteiger partial charge in [-0.1, -0.05) is 23.8 Å². The van der Waals surface area contributed by atoms with Crippen molar-refractivity contribution in [2.75, 3.05) is 18.0 Å². The molecule has 5 rings (SSSR count). The molecule has 0 bridgehead atoms. The number of aromatic amines is 1. The lowest BCUT2D eigenvalue weighted by Gasteiger charge is -2.14.